The van der Waals surface area contributed by atoms with Crippen molar-refractivity contribution in [2.24, 2.45) is 0 Å². The van der Waals surface area contributed by atoms with E-state index in [1.54, 1.807) is 23.5 Å². The third kappa shape index (κ3) is 4.96. The van der Waals surface area contributed by atoms with Crippen molar-refractivity contribution >= 4 is 39.1 Å². The number of nitrogens with one attached hydrogen (secondary N) is 1. The molecule has 0 aliphatic carbocycles. The quantitative estimate of drug-likeness (QED) is 0.717. The van der Waals surface area contributed by atoms with Crippen LogP contribution in [-0.2, 0) is 29.0 Å². The van der Waals surface area contributed by atoms with E-state index in [-0.39, 0.29) is 24.1 Å². The molecule has 1 N–H and O–H groups in total. The molecule has 144 valence electrons. The maximum Gasteiger partial charge on any atom is 0.245 e. The van der Waals surface area contributed by atoms with Gasteiger partial charge in [0, 0.05) is 18.0 Å². The standard InChI is InChI=1S/C20H22BrFN2O2S/c1-2-3-17(20(26)24-8-6-18-14(12-24)7-9-27-18)23-19(25)11-13-4-5-16(22)15(21)10-13/h4-5,7,9-10,17H,2-3,6,8,11-12H2,1H3,(H,23,25). The molecule has 2 heterocycles. The van der Waals surface area contributed by atoms with Crippen LogP contribution in [0.5, 0.6) is 0 Å². The van der Waals surface area contributed by atoms with E-state index in [1.165, 1.54) is 16.5 Å². The van der Waals surface area contributed by atoms with Crippen LogP contribution in [-0.4, -0.2) is 29.3 Å². The van der Waals surface area contributed by atoms with Gasteiger partial charge in [-0.15, -0.1) is 11.3 Å². The predicted octanol–water partition coefficient (Wildman–Crippen LogP) is 4.06. The van der Waals surface area contributed by atoms with Crippen LogP contribution in [0.2, 0.25) is 0 Å². The van der Waals surface area contributed by atoms with Crippen LogP contribution in [0.3, 0.4) is 0 Å². The van der Waals surface area contributed by atoms with Gasteiger partial charge in [-0.1, -0.05) is 19.4 Å². The van der Waals surface area contributed by atoms with Gasteiger partial charge in [-0.05, 0) is 63.5 Å². The molecule has 0 spiro atoms. The van der Waals surface area contributed by atoms with Crippen molar-refractivity contribution in [1.82, 2.24) is 10.2 Å². The van der Waals surface area contributed by atoms with Gasteiger partial charge in [-0.3, -0.25) is 9.59 Å². The number of carbonyl (C=O) groups is 2. The van der Waals surface area contributed by atoms with Crippen molar-refractivity contribution in [2.45, 2.75) is 45.2 Å². The molecule has 1 atom stereocenters. The summed E-state index contributed by atoms with van der Waals surface area (Å²) in [7, 11) is 0. The number of amides is 2. The molecule has 0 saturated carbocycles. The highest BCUT2D eigenvalue weighted by atomic mass is 79.9. The van der Waals surface area contributed by atoms with Crippen LogP contribution < -0.4 is 5.32 Å². The average Bonchev–Trinajstić information content (AvgIpc) is 3.11. The molecule has 0 radical (unpaired) electrons. The van der Waals surface area contributed by atoms with Crippen molar-refractivity contribution < 1.29 is 14.0 Å². The first-order chi connectivity index (χ1) is 13.0. The van der Waals surface area contributed by atoms with E-state index in [1.807, 2.05) is 11.8 Å². The van der Waals surface area contributed by atoms with E-state index in [0.29, 0.717) is 29.5 Å². The van der Waals surface area contributed by atoms with Crippen LogP contribution in [0.25, 0.3) is 0 Å². The highest BCUT2D eigenvalue weighted by Gasteiger charge is 2.28. The van der Waals surface area contributed by atoms with Crippen molar-refractivity contribution in [1.29, 1.82) is 0 Å². The minimum absolute atomic E-state index is 0.0256. The molecule has 0 fully saturated rings. The van der Waals surface area contributed by atoms with Crippen LogP contribution in [0.4, 0.5) is 4.39 Å². The summed E-state index contributed by atoms with van der Waals surface area (Å²) < 4.78 is 13.7. The predicted molar refractivity (Wildman–Crippen MR) is 108 cm³/mol. The molecule has 1 unspecified atom stereocenters. The van der Waals surface area contributed by atoms with Gasteiger partial charge < -0.3 is 10.2 Å². The van der Waals surface area contributed by atoms with Crippen LogP contribution >= 0.6 is 27.3 Å². The second-order valence-corrected chi connectivity index (χ2v) is 8.57. The average molecular weight is 453 g/mol. The normalized spacial score (nSPS) is 14.6. The Morgan fingerprint density at radius 1 is 1.37 bits per heavy atom. The molecular weight excluding hydrogens is 431 g/mol. The summed E-state index contributed by atoms with van der Waals surface area (Å²) in [6, 6.07) is 6.05. The molecule has 3 rings (SSSR count). The summed E-state index contributed by atoms with van der Waals surface area (Å²) in [5.41, 5.74) is 1.90. The first-order valence-corrected chi connectivity index (χ1v) is 10.7. The largest absolute Gasteiger partial charge is 0.344 e. The third-order valence-corrected chi connectivity index (χ3v) is 6.31. The molecule has 2 amide bonds. The highest BCUT2D eigenvalue weighted by molar-refractivity contribution is 9.10. The Morgan fingerprint density at radius 3 is 2.93 bits per heavy atom. The van der Waals surface area contributed by atoms with Gasteiger partial charge in [-0.2, -0.15) is 0 Å². The fourth-order valence-electron chi connectivity index (χ4n) is 3.28. The maximum absolute atomic E-state index is 13.3. The number of hydrogen-bond acceptors (Lipinski definition) is 3. The van der Waals surface area contributed by atoms with Gasteiger partial charge in [0.1, 0.15) is 11.9 Å². The lowest BCUT2D eigenvalue weighted by Crippen LogP contribution is -2.50. The van der Waals surface area contributed by atoms with E-state index in [9.17, 15) is 14.0 Å². The summed E-state index contributed by atoms with van der Waals surface area (Å²) in [6.45, 7) is 3.29. The molecule has 1 aromatic carbocycles. The summed E-state index contributed by atoms with van der Waals surface area (Å²) in [6.07, 6.45) is 2.39. The van der Waals surface area contributed by atoms with E-state index in [4.69, 9.17) is 0 Å². The zero-order chi connectivity index (χ0) is 19.4. The molecule has 0 saturated heterocycles. The van der Waals surface area contributed by atoms with Crippen molar-refractivity contribution in [2.75, 3.05) is 6.54 Å². The number of benzene rings is 1. The van der Waals surface area contributed by atoms with Crippen molar-refractivity contribution in [3.8, 4) is 0 Å². The topological polar surface area (TPSA) is 49.4 Å². The lowest BCUT2D eigenvalue weighted by Gasteiger charge is -2.31. The first kappa shape index (κ1) is 20.0. The number of carbonyl (C=O) groups excluding carboxylic acids is 2. The smallest absolute Gasteiger partial charge is 0.245 e. The van der Waals surface area contributed by atoms with Gasteiger partial charge >= 0.3 is 0 Å². The Labute approximate surface area is 170 Å². The summed E-state index contributed by atoms with van der Waals surface area (Å²) in [5.74, 6) is -0.619. The molecule has 2 aromatic rings. The fraction of sp³-hybridized carbons (Fsp3) is 0.400. The molecular formula is C20H22BrFN2O2S. The van der Waals surface area contributed by atoms with Gasteiger partial charge in [0.25, 0.3) is 0 Å². The molecule has 1 aromatic heterocycles. The van der Waals surface area contributed by atoms with Crippen LogP contribution in [0.15, 0.2) is 34.1 Å². The molecule has 27 heavy (non-hydrogen) atoms. The van der Waals surface area contributed by atoms with Crippen LogP contribution in [0, 0.1) is 5.82 Å². The lowest BCUT2D eigenvalue weighted by molar-refractivity contribution is -0.137. The second kappa shape index (κ2) is 8.97. The number of halogens is 2. The minimum atomic E-state index is -0.522. The zero-order valence-electron chi connectivity index (χ0n) is 15.1. The second-order valence-electron chi connectivity index (χ2n) is 6.71. The van der Waals surface area contributed by atoms with Gasteiger partial charge in [-0.25, -0.2) is 4.39 Å². The Hall–Kier alpha value is -1.73. The lowest BCUT2D eigenvalue weighted by atomic mass is 10.1. The summed E-state index contributed by atoms with van der Waals surface area (Å²) in [4.78, 5) is 28.6. The molecule has 7 heteroatoms. The van der Waals surface area contributed by atoms with Crippen LogP contribution in [0.1, 0.15) is 35.8 Å². The molecule has 1 aliphatic rings. The highest BCUT2D eigenvalue weighted by Crippen LogP contribution is 2.24. The van der Waals surface area contributed by atoms with E-state index >= 15 is 0 Å². The minimum Gasteiger partial charge on any atom is -0.344 e. The Bertz CT molecular complexity index is 839. The Kier molecular flexibility index (Phi) is 6.65. The van der Waals surface area contributed by atoms with Gasteiger partial charge in [0.15, 0.2) is 0 Å². The van der Waals surface area contributed by atoms with E-state index in [2.05, 4.69) is 32.7 Å². The Morgan fingerprint density at radius 2 is 2.19 bits per heavy atom. The maximum atomic E-state index is 13.3. The number of hydrogen-bond donors (Lipinski definition) is 1. The zero-order valence-corrected chi connectivity index (χ0v) is 17.5. The SMILES string of the molecule is CCCC(NC(=O)Cc1ccc(F)c(Br)c1)C(=O)N1CCc2sccc2C1. The van der Waals surface area contributed by atoms with Gasteiger partial charge in [0.2, 0.25) is 11.8 Å². The molecule has 0 bridgehead atoms. The number of nitrogens with zero attached hydrogens (tertiary/aromatic N) is 1. The number of rotatable bonds is 6. The number of thiophene rings is 1. The first-order valence-electron chi connectivity index (χ1n) is 9.05. The third-order valence-electron chi connectivity index (χ3n) is 4.68. The summed E-state index contributed by atoms with van der Waals surface area (Å²) >= 11 is 4.86. The molecule has 1 aliphatic heterocycles. The van der Waals surface area contributed by atoms with Crippen molar-refractivity contribution in [3.05, 3.63) is 55.9 Å². The summed E-state index contributed by atoms with van der Waals surface area (Å²) in [5, 5.41) is 4.94. The van der Waals surface area contributed by atoms with Crippen molar-refractivity contribution in [3.63, 3.8) is 0 Å². The number of fused-ring (bicyclic) bond motifs is 1. The van der Waals surface area contributed by atoms with E-state index in [0.717, 1.165) is 12.8 Å². The van der Waals surface area contributed by atoms with Gasteiger partial charge in [0.05, 0.1) is 10.9 Å². The molecule has 4 nitrogen and oxygen atoms in total. The van der Waals surface area contributed by atoms with E-state index < -0.39 is 6.04 Å². The Balaban J connectivity index is 1.63. The monoisotopic (exact) mass is 452 g/mol. The fourth-order valence-corrected chi connectivity index (χ4v) is 4.60.